The molecule has 2 nitrogen and oxygen atoms in total. The van der Waals surface area contributed by atoms with E-state index in [4.69, 9.17) is 0 Å². The zero-order chi connectivity index (χ0) is 32.7. The highest BCUT2D eigenvalue weighted by Gasteiger charge is 2.14. The minimum atomic E-state index is 1.11. The van der Waals surface area contributed by atoms with Gasteiger partial charge in [0.1, 0.15) is 0 Å². The third-order valence-corrected chi connectivity index (χ3v) is 8.60. The van der Waals surface area contributed by atoms with Crippen molar-refractivity contribution in [1.82, 2.24) is 0 Å². The van der Waals surface area contributed by atoms with E-state index in [1.54, 1.807) is 0 Å². The van der Waals surface area contributed by atoms with E-state index in [9.17, 15) is 0 Å². The number of benzene rings is 7. The molecule has 0 saturated carbocycles. The molecule has 7 aromatic carbocycles. The van der Waals surface area contributed by atoms with Crippen LogP contribution in [0.1, 0.15) is 22.3 Å². The molecule has 0 bridgehead atoms. The summed E-state index contributed by atoms with van der Waals surface area (Å²) in [4.78, 5) is 4.60. The first-order chi connectivity index (χ1) is 23.6. The highest BCUT2D eigenvalue weighted by molar-refractivity contribution is 5.81. The zero-order valence-electron chi connectivity index (χ0n) is 27.4. The summed E-state index contributed by atoms with van der Waals surface area (Å²) in [6, 6.07) is 64.8. The third kappa shape index (κ3) is 6.99. The summed E-state index contributed by atoms with van der Waals surface area (Å²) in [7, 11) is 0. The van der Waals surface area contributed by atoms with Crippen LogP contribution in [0.2, 0.25) is 0 Å². The van der Waals surface area contributed by atoms with Crippen molar-refractivity contribution in [2.24, 2.45) is 0 Å². The molecule has 2 heteroatoms. The molecular weight excluding hydrogens is 581 g/mol. The summed E-state index contributed by atoms with van der Waals surface area (Å²) >= 11 is 0. The normalized spacial score (nSPS) is 11.0. The van der Waals surface area contributed by atoms with Crippen LogP contribution in [0.4, 0.5) is 34.1 Å². The van der Waals surface area contributed by atoms with Crippen molar-refractivity contribution in [3.8, 4) is 11.1 Å². The van der Waals surface area contributed by atoms with Crippen LogP contribution in [-0.4, -0.2) is 0 Å². The lowest BCUT2D eigenvalue weighted by atomic mass is 10.0. The van der Waals surface area contributed by atoms with E-state index in [-0.39, 0.29) is 0 Å². The lowest BCUT2D eigenvalue weighted by Crippen LogP contribution is -2.09. The fourth-order valence-corrected chi connectivity index (χ4v) is 5.95. The molecule has 0 heterocycles. The third-order valence-electron chi connectivity index (χ3n) is 8.60. The van der Waals surface area contributed by atoms with E-state index < -0.39 is 0 Å². The van der Waals surface area contributed by atoms with Crippen LogP contribution in [0, 0.1) is 13.8 Å². The van der Waals surface area contributed by atoms with E-state index in [1.807, 2.05) is 0 Å². The van der Waals surface area contributed by atoms with E-state index >= 15 is 0 Å². The molecule has 0 aliphatic heterocycles. The summed E-state index contributed by atoms with van der Waals surface area (Å²) in [6.07, 6.45) is 4.36. The van der Waals surface area contributed by atoms with Crippen LogP contribution in [0.3, 0.4) is 0 Å². The van der Waals surface area contributed by atoms with Crippen molar-refractivity contribution < 1.29 is 0 Å². The molecule has 0 aliphatic carbocycles. The standard InChI is InChI=1S/C46H38N2/c1-35-13-25-42(26-14-35)48(43-27-15-36(2)16-28-43)45-31-21-38(22-32-45)18-17-37-19-29-44(30-20-37)47(41-11-7-4-8-12-41)46-33-23-40(24-34-46)39-9-5-3-6-10-39/h3-34H,1-2H3/b18-17+. The van der Waals surface area contributed by atoms with Gasteiger partial charge in [-0.15, -0.1) is 0 Å². The second-order valence-electron chi connectivity index (χ2n) is 12.1. The Labute approximate surface area is 284 Å². The number of hydrogen-bond acceptors (Lipinski definition) is 2. The van der Waals surface area contributed by atoms with E-state index in [0.29, 0.717) is 0 Å². The number of anilines is 6. The number of rotatable bonds is 9. The first-order valence-electron chi connectivity index (χ1n) is 16.4. The molecule has 0 aromatic heterocycles. The Morgan fingerprint density at radius 3 is 0.979 bits per heavy atom. The van der Waals surface area contributed by atoms with E-state index in [0.717, 1.165) is 45.3 Å². The number of aryl methyl sites for hydroxylation is 2. The molecular formula is C46H38N2. The number of para-hydroxylation sites is 1. The molecule has 0 spiro atoms. The van der Waals surface area contributed by atoms with Gasteiger partial charge in [-0.1, -0.05) is 132 Å². The number of hydrogen-bond donors (Lipinski definition) is 0. The predicted molar refractivity (Wildman–Crippen MR) is 206 cm³/mol. The largest absolute Gasteiger partial charge is 0.311 e. The van der Waals surface area contributed by atoms with Gasteiger partial charge in [0, 0.05) is 34.1 Å². The smallest absolute Gasteiger partial charge is 0.0462 e. The maximum Gasteiger partial charge on any atom is 0.0462 e. The monoisotopic (exact) mass is 618 g/mol. The molecule has 7 aromatic rings. The van der Waals surface area contributed by atoms with Crippen molar-refractivity contribution in [3.05, 3.63) is 204 Å². The van der Waals surface area contributed by atoms with E-state index in [1.165, 1.54) is 22.3 Å². The average molecular weight is 619 g/mol. The first kappa shape index (κ1) is 30.5. The summed E-state index contributed by atoms with van der Waals surface area (Å²) < 4.78 is 0. The summed E-state index contributed by atoms with van der Waals surface area (Å²) in [5.74, 6) is 0. The Kier molecular flexibility index (Phi) is 8.97. The molecule has 0 radical (unpaired) electrons. The van der Waals surface area contributed by atoms with Gasteiger partial charge in [0.05, 0.1) is 0 Å². The minimum absolute atomic E-state index is 1.11. The van der Waals surface area contributed by atoms with Gasteiger partial charge in [0.25, 0.3) is 0 Å². The van der Waals surface area contributed by atoms with Crippen molar-refractivity contribution in [2.45, 2.75) is 13.8 Å². The van der Waals surface area contributed by atoms with Crippen molar-refractivity contribution >= 4 is 46.3 Å². The summed E-state index contributed by atoms with van der Waals surface area (Å²) in [6.45, 7) is 4.25. The van der Waals surface area contributed by atoms with Crippen molar-refractivity contribution in [1.29, 1.82) is 0 Å². The van der Waals surface area contributed by atoms with Gasteiger partial charge < -0.3 is 9.80 Å². The van der Waals surface area contributed by atoms with Crippen LogP contribution < -0.4 is 9.80 Å². The summed E-state index contributed by atoms with van der Waals surface area (Å²) in [5, 5.41) is 0. The highest BCUT2D eigenvalue weighted by Crippen LogP contribution is 2.37. The van der Waals surface area contributed by atoms with Gasteiger partial charge in [0.15, 0.2) is 0 Å². The minimum Gasteiger partial charge on any atom is -0.311 e. The fourth-order valence-electron chi connectivity index (χ4n) is 5.95. The van der Waals surface area contributed by atoms with Gasteiger partial charge in [0.2, 0.25) is 0 Å². The SMILES string of the molecule is Cc1ccc(N(c2ccc(C)cc2)c2ccc(/C=C/c3ccc(N(c4ccccc4)c4ccc(-c5ccccc5)cc4)cc3)cc2)cc1. The predicted octanol–water partition coefficient (Wildman–Crippen LogP) is 13.1. The molecule has 0 amide bonds. The quantitative estimate of drug-likeness (QED) is 0.149. The molecule has 0 N–H and O–H groups in total. The molecule has 0 atom stereocenters. The van der Waals surface area contributed by atoms with Crippen molar-refractivity contribution in [3.63, 3.8) is 0 Å². The topological polar surface area (TPSA) is 6.48 Å². The highest BCUT2D eigenvalue weighted by atomic mass is 15.1. The van der Waals surface area contributed by atoms with Gasteiger partial charge >= 0.3 is 0 Å². The van der Waals surface area contributed by atoms with Gasteiger partial charge in [-0.3, -0.25) is 0 Å². The molecule has 0 unspecified atom stereocenters. The van der Waals surface area contributed by atoms with Gasteiger partial charge in [-0.05, 0) is 109 Å². The molecule has 232 valence electrons. The fraction of sp³-hybridized carbons (Fsp3) is 0.0435. The Morgan fingerprint density at radius 2 is 0.583 bits per heavy atom. The lowest BCUT2D eigenvalue weighted by molar-refractivity contribution is 1.27. The summed E-state index contributed by atoms with van der Waals surface area (Å²) in [5.41, 5.74) is 14.0. The average Bonchev–Trinajstić information content (AvgIpc) is 3.15. The van der Waals surface area contributed by atoms with Gasteiger partial charge in [-0.25, -0.2) is 0 Å². The second-order valence-corrected chi connectivity index (χ2v) is 12.1. The molecule has 0 fully saturated rings. The second kappa shape index (κ2) is 14.1. The van der Waals surface area contributed by atoms with Crippen LogP contribution in [0.25, 0.3) is 23.3 Å². The van der Waals surface area contributed by atoms with Crippen LogP contribution in [-0.2, 0) is 0 Å². The van der Waals surface area contributed by atoms with E-state index in [2.05, 4.69) is 218 Å². The van der Waals surface area contributed by atoms with Crippen LogP contribution in [0.5, 0.6) is 0 Å². The Balaban J connectivity index is 1.11. The van der Waals surface area contributed by atoms with Crippen LogP contribution in [0.15, 0.2) is 182 Å². The molecule has 48 heavy (non-hydrogen) atoms. The molecule has 0 aliphatic rings. The lowest BCUT2D eigenvalue weighted by Gasteiger charge is -2.26. The first-order valence-corrected chi connectivity index (χ1v) is 16.4. The molecule has 0 saturated heterocycles. The van der Waals surface area contributed by atoms with Crippen LogP contribution >= 0.6 is 0 Å². The van der Waals surface area contributed by atoms with Crippen molar-refractivity contribution in [2.75, 3.05) is 9.80 Å². The van der Waals surface area contributed by atoms with Gasteiger partial charge in [-0.2, -0.15) is 0 Å². The Bertz CT molecular complexity index is 2030. The Hall–Kier alpha value is -6.12. The molecule has 7 rings (SSSR count). The number of nitrogens with zero attached hydrogens (tertiary/aromatic N) is 2. The maximum absolute atomic E-state index is 2.30. The maximum atomic E-state index is 2.30. The zero-order valence-corrected chi connectivity index (χ0v) is 27.4. The Morgan fingerprint density at radius 1 is 0.292 bits per heavy atom.